The summed E-state index contributed by atoms with van der Waals surface area (Å²) in [7, 11) is 0. The predicted molar refractivity (Wildman–Crippen MR) is 116 cm³/mol. The summed E-state index contributed by atoms with van der Waals surface area (Å²) in [4.78, 5) is 19.1. The maximum Gasteiger partial charge on any atom is 0.249 e. The van der Waals surface area contributed by atoms with Crippen LogP contribution in [0.25, 0.3) is 22.9 Å². The summed E-state index contributed by atoms with van der Waals surface area (Å²) in [6, 6.07) is 16.7. The van der Waals surface area contributed by atoms with E-state index in [1.165, 1.54) is 6.26 Å². The first-order valence-corrected chi connectivity index (χ1v) is 10.3. The van der Waals surface area contributed by atoms with Crippen LogP contribution in [0.1, 0.15) is 25.4 Å². The van der Waals surface area contributed by atoms with Crippen molar-refractivity contribution >= 4 is 17.5 Å². The molecule has 0 spiro atoms. The molecule has 0 atom stereocenters. The highest BCUT2D eigenvalue weighted by Gasteiger charge is 2.22. The van der Waals surface area contributed by atoms with Crippen molar-refractivity contribution in [3.63, 3.8) is 0 Å². The van der Waals surface area contributed by atoms with Gasteiger partial charge in [-0.25, -0.2) is 4.98 Å². The molecule has 0 aliphatic carbocycles. The smallest absolute Gasteiger partial charge is 0.249 e. The largest absolute Gasteiger partial charge is 0.444 e. The highest BCUT2D eigenvalue weighted by atomic mass is 35.5. The van der Waals surface area contributed by atoms with E-state index in [9.17, 15) is 4.79 Å². The van der Waals surface area contributed by atoms with Crippen LogP contribution in [-0.2, 0) is 17.8 Å². The molecule has 31 heavy (non-hydrogen) atoms. The molecular formula is C23H21ClN4O3. The summed E-state index contributed by atoms with van der Waals surface area (Å²) in [5, 5.41) is 8.68. The minimum atomic E-state index is -0.111. The average Bonchev–Trinajstić information content (AvgIpc) is 3.42. The predicted octanol–water partition coefficient (Wildman–Crippen LogP) is 5.02. The van der Waals surface area contributed by atoms with E-state index in [0.29, 0.717) is 34.0 Å². The third-order valence-electron chi connectivity index (χ3n) is 4.73. The normalized spacial score (nSPS) is 11.1. The van der Waals surface area contributed by atoms with E-state index in [2.05, 4.69) is 15.2 Å². The summed E-state index contributed by atoms with van der Waals surface area (Å²) >= 11 is 6.20. The van der Waals surface area contributed by atoms with Crippen LogP contribution in [0.4, 0.5) is 0 Å². The third-order valence-corrected chi connectivity index (χ3v) is 5.05. The summed E-state index contributed by atoms with van der Waals surface area (Å²) in [5.41, 5.74) is 2.08. The number of aromatic nitrogens is 3. The molecule has 2 heterocycles. The van der Waals surface area contributed by atoms with E-state index in [1.807, 2.05) is 56.3 Å². The number of hydrogen-bond donors (Lipinski definition) is 0. The number of halogens is 1. The number of amides is 1. The van der Waals surface area contributed by atoms with Crippen LogP contribution < -0.4 is 0 Å². The SMILES string of the molecule is CC(C)N(Cc1nnc(-c2ccccc2Cl)o1)C(=O)Cc1coc(-c2ccccc2)n1. The fraction of sp³-hybridized carbons (Fsp3) is 0.217. The van der Waals surface area contributed by atoms with Crippen molar-refractivity contribution < 1.29 is 13.6 Å². The van der Waals surface area contributed by atoms with Gasteiger partial charge in [-0.15, -0.1) is 10.2 Å². The van der Waals surface area contributed by atoms with Crippen LogP contribution in [0.2, 0.25) is 5.02 Å². The molecule has 0 fully saturated rings. The highest BCUT2D eigenvalue weighted by Crippen LogP contribution is 2.26. The van der Waals surface area contributed by atoms with Crippen molar-refractivity contribution in [2.24, 2.45) is 0 Å². The Morgan fingerprint density at radius 1 is 1.03 bits per heavy atom. The monoisotopic (exact) mass is 436 g/mol. The van der Waals surface area contributed by atoms with Gasteiger partial charge < -0.3 is 13.7 Å². The van der Waals surface area contributed by atoms with E-state index < -0.39 is 0 Å². The fourth-order valence-electron chi connectivity index (χ4n) is 3.12. The van der Waals surface area contributed by atoms with Gasteiger partial charge in [0.25, 0.3) is 0 Å². The van der Waals surface area contributed by atoms with Crippen LogP contribution in [0, 0.1) is 0 Å². The van der Waals surface area contributed by atoms with E-state index in [-0.39, 0.29) is 24.9 Å². The second-order valence-electron chi connectivity index (χ2n) is 7.28. The molecule has 0 aliphatic rings. The van der Waals surface area contributed by atoms with E-state index >= 15 is 0 Å². The summed E-state index contributed by atoms with van der Waals surface area (Å²) in [6.45, 7) is 4.06. The van der Waals surface area contributed by atoms with Gasteiger partial charge in [-0.3, -0.25) is 4.79 Å². The highest BCUT2D eigenvalue weighted by molar-refractivity contribution is 6.33. The molecule has 0 saturated heterocycles. The number of hydrogen-bond acceptors (Lipinski definition) is 6. The van der Waals surface area contributed by atoms with Crippen molar-refractivity contribution in [3.05, 3.63) is 77.5 Å². The Morgan fingerprint density at radius 2 is 1.77 bits per heavy atom. The van der Waals surface area contributed by atoms with Gasteiger partial charge in [0.1, 0.15) is 6.26 Å². The lowest BCUT2D eigenvalue weighted by Crippen LogP contribution is -2.37. The van der Waals surface area contributed by atoms with E-state index in [1.54, 1.807) is 17.0 Å². The number of oxazole rings is 1. The quantitative estimate of drug-likeness (QED) is 0.404. The molecule has 0 saturated carbocycles. The van der Waals surface area contributed by atoms with Gasteiger partial charge in [-0.05, 0) is 38.1 Å². The Kier molecular flexibility index (Phi) is 6.13. The van der Waals surface area contributed by atoms with Gasteiger partial charge >= 0.3 is 0 Å². The summed E-state index contributed by atoms with van der Waals surface area (Å²) < 4.78 is 11.3. The van der Waals surface area contributed by atoms with Crippen molar-refractivity contribution in [3.8, 4) is 22.9 Å². The third kappa shape index (κ3) is 4.83. The first-order chi connectivity index (χ1) is 15.0. The van der Waals surface area contributed by atoms with Gasteiger partial charge in [0.05, 0.1) is 29.2 Å². The maximum absolute atomic E-state index is 13.0. The molecule has 1 amide bonds. The topological polar surface area (TPSA) is 85.3 Å². The molecule has 0 radical (unpaired) electrons. The average molecular weight is 437 g/mol. The molecule has 0 bridgehead atoms. The molecule has 2 aromatic carbocycles. The van der Waals surface area contributed by atoms with E-state index in [0.717, 1.165) is 5.56 Å². The van der Waals surface area contributed by atoms with Gasteiger partial charge in [-0.1, -0.05) is 41.9 Å². The molecule has 7 nitrogen and oxygen atoms in total. The first kappa shape index (κ1) is 20.8. The van der Waals surface area contributed by atoms with Gasteiger partial charge in [0.2, 0.25) is 23.6 Å². The fourth-order valence-corrected chi connectivity index (χ4v) is 3.34. The second kappa shape index (κ2) is 9.14. The van der Waals surface area contributed by atoms with Crippen LogP contribution >= 0.6 is 11.6 Å². The Labute approximate surface area is 184 Å². The van der Waals surface area contributed by atoms with Crippen molar-refractivity contribution in [2.45, 2.75) is 32.9 Å². The molecule has 0 aliphatic heterocycles. The van der Waals surface area contributed by atoms with E-state index in [4.69, 9.17) is 20.4 Å². The Bertz CT molecular complexity index is 1170. The number of benzene rings is 2. The van der Waals surface area contributed by atoms with Crippen LogP contribution in [0.15, 0.2) is 69.7 Å². The second-order valence-corrected chi connectivity index (χ2v) is 7.69. The maximum atomic E-state index is 13.0. The standard InChI is InChI=1S/C23H21ClN4O3/c1-15(2)28(13-20-26-27-23(31-20)18-10-6-7-11-19(18)24)21(29)12-17-14-30-22(25-17)16-8-4-3-5-9-16/h3-11,14-15H,12-13H2,1-2H3. The lowest BCUT2D eigenvalue weighted by molar-refractivity contribution is -0.133. The molecule has 4 rings (SSSR count). The van der Waals surface area contributed by atoms with Gasteiger partial charge in [-0.2, -0.15) is 0 Å². The Morgan fingerprint density at radius 3 is 2.52 bits per heavy atom. The zero-order valence-electron chi connectivity index (χ0n) is 17.2. The summed E-state index contributed by atoms with van der Waals surface area (Å²) in [5.74, 6) is 1.03. The summed E-state index contributed by atoms with van der Waals surface area (Å²) in [6.07, 6.45) is 1.63. The molecule has 0 unspecified atom stereocenters. The Balaban J connectivity index is 1.46. The zero-order chi connectivity index (χ0) is 21.8. The van der Waals surface area contributed by atoms with Crippen LogP contribution in [-0.4, -0.2) is 32.0 Å². The minimum absolute atomic E-state index is 0.0661. The lowest BCUT2D eigenvalue weighted by atomic mass is 10.2. The Hall–Kier alpha value is -3.45. The van der Waals surface area contributed by atoms with Crippen molar-refractivity contribution in [2.75, 3.05) is 0 Å². The minimum Gasteiger partial charge on any atom is -0.444 e. The lowest BCUT2D eigenvalue weighted by Gasteiger charge is -2.24. The molecule has 8 heteroatoms. The first-order valence-electron chi connectivity index (χ1n) is 9.88. The number of carbonyl (C=O) groups excluding carboxylic acids is 1. The molecule has 158 valence electrons. The zero-order valence-corrected chi connectivity index (χ0v) is 17.9. The van der Waals surface area contributed by atoms with Gasteiger partial charge in [0.15, 0.2) is 0 Å². The number of nitrogens with zero attached hydrogens (tertiary/aromatic N) is 4. The number of carbonyl (C=O) groups is 1. The van der Waals surface area contributed by atoms with Crippen LogP contribution in [0.5, 0.6) is 0 Å². The molecule has 0 N–H and O–H groups in total. The molecule has 4 aromatic rings. The van der Waals surface area contributed by atoms with Crippen molar-refractivity contribution in [1.82, 2.24) is 20.1 Å². The number of rotatable bonds is 7. The van der Waals surface area contributed by atoms with Gasteiger partial charge in [0, 0.05) is 11.6 Å². The molecule has 2 aromatic heterocycles. The molecular weight excluding hydrogens is 416 g/mol. The van der Waals surface area contributed by atoms with Crippen molar-refractivity contribution in [1.29, 1.82) is 0 Å². The van der Waals surface area contributed by atoms with Crippen LogP contribution in [0.3, 0.4) is 0 Å².